The summed E-state index contributed by atoms with van der Waals surface area (Å²) in [6.07, 6.45) is 1.78. The number of fused-ring (bicyclic) bond motifs is 2. The van der Waals surface area contributed by atoms with Crippen molar-refractivity contribution in [3.8, 4) is 22.8 Å². The van der Waals surface area contributed by atoms with Crippen molar-refractivity contribution in [3.05, 3.63) is 69.3 Å². The molecule has 0 saturated heterocycles. The van der Waals surface area contributed by atoms with E-state index >= 15 is 0 Å². The molecule has 1 N–H and O–H groups in total. The molecule has 10 heteroatoms. The zero-order chi connectivity index (χ0) is 21.5. The molecule has 1 aliphatic rings. The van der Waals surface area contributed by atoms with Crippen molar-refractivity contribution >= 4 is 33.6 Å². The highest BCUT2D eigenvalue weighted by Crippen LogP contribution is 2.33. The molecule has 31 heavy (non-hydrogen) atoms. The third-order valence-corrected chi connectivity index (χ3v) is 6.07. The quantitative estimate of drug-likeness (QED) is 0.377. The lowest BCUT2D eigenvalue weighted by molar-refractivity contribution is -0.384. The van der Waals surface area contributed by atoms with E-state index in [4.69, 9.17) is 9.47 Å². The van der Waals surface area contributed by atoms with Crippen LogP contribution in [0.1, 0.15) is 15.4 Å². The molecule has 4 aromatic rings. The first-order chi connectivity index (χ1) is 15.0. The SMILES string of the molecule is Cc1c(C(=O)Nc2ccc3c(c2)OCCO3)sc2nc(-c3cccc([N+](=O)[O-])c3)cn12. The number of carbonyl (C=O) groups is 1. The minimum atomic E-state index is -0.437. The number of rotatable bonds is 4. The van der Waals surface area contributed by atoms with E-state index in [0.717, 1.165) is 5.69 Å². The van der Waals surface area contributed by atoms with Crippen LogP contribution in [0.4, 0.5) is 11.4 Å². The maximum atomic E-state index is 12.9. The highest BCUT2D eigenvalue weighted by molar-refractivity contribution is 7.19. The number of aryl methyl sites for hydroxylation is 1. The molecule has 0 spiro atoms. The van der Waals surface area contributed by atoms with Gasteiger partial charge in [-0.15, -0.1) is 0 Å². The number of aromatic nitrogens is 2. The molecule has 0 saturated carbocycles. The van der Waals surface area contributed by atoms with Gasteiger partial charge in [-0.05, 0) is 19.1 Å². The summed E-state index contributed by atoms with van der Waals surface area (Å²) in [7, 11) is 0. The van der Waals surface area contributed by atoms with Gasteiger partial charge in [0.15, 0.2) is 16.5 Å². The van der Waals surface area contributed by atoms with E-state index in [1.807, 2.05) is 11.3 Å². The monoisotopic (exact) mass is 436 g/mol. The summed E-state index contributed by atoms with van der Waals surface area (Å²) in [5, 5.41) is 13.9. The molecule has 0 aliphatic carbocycles. The number of nitrogens with one attached hydrogen (secondary N) is 1. The average Bonchev–Trinajstić information content (AvgIpc) is 3.33. The van der Waals surface area contributed by atoms with Crippen LogP contribution in [0.15, 0.2) is 48.7 Å². The second-order valence-electron chi connectivity index (χ2n) is 6.92. The molecule has 156 valence electrons. The molecular weight excluding hydrogens is 420 g/mol. The smallest absolute Gasteiger partial charge is 0.270 e. The summed E-state index contributed by atoms with van der Waals surface area (Å²) in [6, 6.07) is 11.6. The molecule has 0 atom stereocenters. The predicted octanol–water partition coefficient (Wildman–Crippen LogP) is 4.30. The number of ether oxygens (including phenoxy) is 2. The number of carbonyl (C=O) groups excluding carboxylic acids is 1. The van der Waals surface area contributed by atoms with Crippen molar-refractivity contribution < 1.29 is 19.2 Å². The van der Waals surface area contributed by atoms with E-state index < -0.39 is 4.92 Å². The molecule has 0 unspecified atom stereocenters. The van der Waals surface area contributed by atoms with Crippen molar-refractivity contribution in [2.75, 3.05) is 18.5 Å². The lowest BCUT2D eigenvalue weighted by Crippen LogP contribution is -2.16. The third-order valence-electron chi connectivity index (χ3n) is 4.92. The van der Waals surface area contributed by atoms with Gasteiger partial charge < -0.3 is 14.8 Å². The molecule has 3 heterocycles. The molecule has 2 aromatic carbocycles. The van der Waals surface area contributed by atoms with Crippen LogP contribution < -0.4 is 14.8 Å². The molecule has 2 aromatic heterocycles. The number of nitro groups is 1. The number of hydrogen-bond acceptors (Lipinski definition) is 7. The number of amides is 1. The van der Waals surface area contributed by atoms with Crippen LogP contribution in [0.25, 0.3) is 16.2 Å². The Bertz CT molecular complexity index is 1340. The minimum absolute atomic E-state index is 0.00470. The van der Waals surface area contributed by atoms with Gasteiger partial charge in [-0.3, -0.25) is 19.3 Å². The van der Waals surface area contributed by atoms with Crippen molar-refractivity contribution in [1.29, 1.82) is 0 Å². The van der Waals surface area contributed by atoms with Crippen molar-refractivity contribution in [1.82, 2.24) is 9.38 Å². The summed E-state index contributed by atoms with van der Waals surface area (Å²) < 4.78 is 12.9. The highest BCUT2D eigenvalue weighted by atomic mass is 32.1. The number of imidazole rings is 1. The predicted molar refractivity (Wildman–Crippen MR) is 115 cm³/mol. The number of hydrogen-bond donors (Lipinski definition) is 1. The minimum Gasteiger partial charge on any atom is -0.486 e. The van der Waals surface area contributed by atoms with Crippen molar-refractivity contribution in [2.45, 2.75) is 6.92 Å². The Hall–Kier alpha value is -3.92. The molecule has 9 nitrogen and oxygen atoms in total. The van der Waals surface area contributed by atoms with Gasteiger partial charge in [0, 0.05) is 41.3 Å². The van der Waals surface area contributed by atoms with E-state index in [9.17, 15) is 14.9 Å². The van der Waals surface area contributed by atoms with E-state index in [1.165, 1.54) is 23.5 Å². The number of nitro benzene ring substituents is 1. The summed E-state index contributed by atoms with van der Waals surface area (Å²) >= 11 is 1.26. The van der Waals surface area contributed by atoms with Gasteiger partial charge in [0.1, 0.15) is 18.1 Å². The lowest BCUT2D eigenvalue weighted by atomic mass is 10.1. The fraction of sp³-hybridized carbons (Fsp3) is 0.143. The Balaban J connectivity index is 1.41. The number of benzene rings is 2. The maximum absolute atomic E-state index is 12.9. The molecule has 5 rings (SSSR count). The number of thiazole rings is 1. The molecule has 1 amide bonds. The van der Waals surface area contributed by atoms with Gasteiger partial charge in [0.25, 0.3) is 11.6 Å². The number of nitrogens with zero attached hydrogens (tertiary/aromatic N) is 3. The first-order valence-corrected chi connectivity index (χ1v) is 10.3. The topological polar surface area (TPSA) is 108 Å². The molecule has 0 bridgehead atoms. The summed E-state index contributed by atoms with van der Waals surface area (Å²) in [5.74, 6) is 1.01. The highest BCUT2D eigenvalue weighted by Gasteiger charge is 2.20. The Morgan fingerprint density at radius 3 is 2.77 bits per heavy atom. The standard InChI is InChI=1S/C21H16N4O5S/c1-12-19(20(26)22-14-5-6-17-18(10-14)30-8-7-29-17)31-21-23-16(11-24(12)21)13-3-2-4-15(9-13)25(27)28/h2-6,9-11H,7-8H2,1H3,(H,22,26). The zero-order valence-corrected chi connectivity index (χ0v) is 17.1. The van der Waals surface area contributed by atoms with Crippen LogP contribution in [-0.4, -0.2) is 33.4 Å². The van der Waals surface area contributed by atoms with Crippen molar-refractivity contribution in [3.63, 3.8) is 0 Å². The van der Waals surface area contributed by atoms with Crippen LogP contribution >= 0.6 is 11.3 Å². The summed E-state index contributed by atoms with van der Waals surface area (Å²) in [6.45, 7) is 2.81. The first-order valence-electron chi connectivity index (χ1n) is 9.44. The van der Waals surface area contributed by atoms with Crippen LogP contribution in [-0.2, 0) is 0 Å². The van der Waals surface area contributed by atoms with Crippen LogP contribution in [0.2, 0.25) is 0 Å². The second-order valence-corrected chi connectivity index (χ2v) is 7.89. The Morgan fingerprint density at radius 2 is 2.00 bits per heavy atom. The van der Waals surface area contributed by atoms with Crippen LogP contribution in [0, 0.1) is 17.0 Å². The first kappa shape index (κ1) is 19.1. The second kappa shape index (κ2) is 7.40. The van der Waals surface area contributed by atoms with Gasteiger partial charge in [-0.25, -0.2) is 4.98 Å². The molecule has 0 fully saturated rings. The fourth-order valence-electron chi connectivity index (χ4n) is 3.39. The Kier molecular flexibility index (Phi) is 4.55. The fourth-order valence-corrected chi connectivity index (χ4v) is 4.39. The van der Waals surface area contributed by atoms with E-state index in [-0.39, 0.29) is 11.6 Å². The van der Waals surface area contributed by atoms with Gasteiger partial charge in [0.2, 0.25) is 0 Å². The normalized spacial score (nSPS) is 12.7. The number of anilines is 1. The van der Waals surface area contributed by atoms with Gasteiger partial charge in [-0.2, -0.15) is 0 Å². The largest absolute Gasteiger partial charge is 0.486 e. The van der Waals surface area contributed by atoms with E-state index in [1.54, 1.807) is 36.5 Å². The summed E-state index contributed by atoms with van der Waals surface area (Å²) in [4.78, 5) is 29.2. The van der Waals surface area contributed by atoms with E-state index in [2.05, 4.69) is 10.3 Å². The van der Waals surface area contributed by atoms with Crippen molar-refractivity contribution in [2.24, 2.45) is 0 Å². The van der Waals surface area contributed by atoms with Crippen LogP contribution in [0.3, 0.4) is 0 Å². The third kappa shape index (κ3) is 3.46. The van der Waals surface area contributed by atoms with Gasteiger partial charge >= 0.3 is 0 Å². The molecule has 1 aliphatic heterocycles. The van der Waals surface area contributed by atoms with Gasteiger partial charge in [-0.1, -0.05) is 23.5 Å². The zero-order valence-electron chi connectivity index (χ0n) is 16.3. The van der Waals surface area contributed by atoms with Gasteiger partial charge in [0.05, 0.1) is 10.6 Å². The maximum Gasteiger partial charge on any atom is 0.270 e. The van der Waals surface area contributed by atoms with E-state index in [0.29, 0.717) is 51.5 Å². The van der Waals surface area contributed by atoms with Crippen LogP contribution in [0.5, 0.6) is 11.5 Å². The Morgan fingerprint density at radius 1 is 1.19 bits per heavy atom. The lowest BCUT2D eigenvalue weighted by Gasteiger charge is -2.18. The summed E-state index contributed by atoms with van der Waals surface area (Å²) in [5.41, 5.74) is 2.60. The average molecular weight is 436 g/mol. The molecule has 0 radical (unpaired) electrons. The Labute approximate surface area is 180 Å². The number of non-ortho nitro benzene ring substituents is 1. The molecular formula is C21H16N4O5S.